The van der Waals surface area contributed by atoms with E-state index in [1.54, 1.807) is 11.4 Å². The molecule has 0 atom stereocenters. The highest BCUT2D eigenvalue weighted by molar-refractivity contribution is 7.12. The van der Waals surface area contributed by atoms with Crippen LogP contribution in [-0.2, 0) is 9.47 Å². The molecule has 0 aromatic carbocycles. The van der Waals surface area contributed by atoms with Crippen molar-refractivity contribution in [2.45, 2.75) is 6.29 Å². The third-order valence-electron chi connectivity index (χ3n) is 2.01. The maximum Gasteiger partial charge on any atom is 0.265 e. The monoisotopic (exact) mass is 245 g/mol. The van der Waals surface area contributed by atoms with E-state index >= 15 is 0 Å². The molecule has 1 heterocycles. The average Bonchev–Trinajstić information content (AvgIpc) is 2.78. The summed E-state index contributed by atoms with van der Waals surface area (Å²) in [6.07, 6.45) is -0.435. The van der Waals surface area contributed by atoms with Crippen LogP contribution in [0.4, 0.5) is 0 Å². The molecule has 0 saturated carbocycles. The Morgan fingerprint density at radius 3 is 2.69 bits per heavy atom. The van der Waals surface area contributed by atoms with Crippen molar-refractivity contribution in [3.63, 3.8) is 0 Å². The first kappa shape index (κ1) is 13.0. The van der Waals surface area contributed by atoms with Gasteiger partial charge in [-0.3, -0.25) is 4.79 Å². The molecule has 1 rings (SSSR count). The zero-order valence-corrected chi connectivity index (χ0v) is 10.3. The minimum Gasteiger partial charge on any atom is -0.495 e. The van der Waals surface area contributed by atoms with E-state index in [0.717, 1.165) is 0 Å². The standard InChI is InChI=1S/C10H15NO4S/c1-13-7-4-5-16-9(7)10(12)11-6-8(14-2)15-3/h4-5,8H,6H2,1-3H3,(H,11,12). The largest absolute Gasteiger partial charge is 0.495 e. The summed E-state index contributed by atoms with van der Waals surface area (Å²) in [5, 5.41) is 4.51. The van der Waals surface area contributed by atoms with Gasteiger partial charge in [0.05, 0.1) is 13.7 Å². The summed E-state index contributed by atoms with van der Waals surface area (Å²) >= 11 is 1.33. The van der Waals surface area contributed by atoms with E-state index in [0.29, 0.717) is 17.2 Å². The minimum absolute atomic E-state index is 0.189. The van der Waals surface area contributed by atoms with E-state index < -0.39 is 6.29 Å². The number of thiophene rings is 1. The molecule has 0 spiro atoms. The number of carbonyl (C=O) groups excluding carboxylic acids is 1. The van der Waals surface area contributed by atoms with Crippen molar-refractivity contribution < 1.29 is 19.0 Å². The summed E-state index contributed by atoms with van der Waals surface area (Å²) in [6, 6.07) is 1.75. The van der Waals surface area contributed by atoms with Gasteiger partial charge in [0.15, 0.2) is 6.29 Å². The molecule has 1 N–H and O–H groups in total. The number of ether oxygens (including phenoxy) is 3. The van der Waals surface area contributed by atoms with Crippen LogP contribution in [0.5, 0.6) is 5.75 Å². The van der Waals surface area contributed by atoms with Crippen LogP contribution in [0.25, 0.3) is 0 Å². The molecule has 0 fully saturated rings. The van der Waals surface area contributed by atoms with E-state index in [1.165, 1.54) is 32.7 Å². The van der Waals surface area contributed by atoms with Gasteiger partial charge in [-0.05, 0) is 11.4 Å². The zero-order valence-electron chi connectivity index (χ0n) is 9.48. The Morgan fingerprint density at radius 1 is 1.44 bits per heavy atom. The first-order chi connectivity index (χ1) is 7.72. The molecule has 90 valence electrons. The molecule has 1 aromatic rings. The summed E-state index contributed by atoms with van der Waals surface area (Å²) in [7, 11) is 4.57. The Hall–Kier alpha value is -1.11. The Kier molecular flexibility index (Phi) is 5.24. The highest BCUT2D eigenvalue weighted by Crippen LogP contribution is 2.23. The number of hydrogen-bond donors (Lipinski definition) is 1. The van der Waals surface area contributed by atoms with Crippen LogP contribution in [0.2, 0.25) is 0 Å². The van der Waals surface area contributed by atoms with E-state index in [2.05, 4.69) is 5.32 Å². The molecular formula is C10H15NO4S. The first-order valence-corrected chi connectivity index (χ1v) is 5.56. The molecule has 5 nitrogen and oxygen atoms in total. The van der Waals surface area contributed by atoms with Crippen LogP contribution in [-0.4, -0.2) is 40.1 Å². The highest BCUT2D eigenvalue weighted by atomic mass is 32.1. The van der Waals surface area contributed by atoms with Crippen LogP contribution in [0.1, 0.15) is 9.67 Å². The van der Waals surface area contributed by atoms with Crippen molar-refractivity contribution >= 4 is 17.2 Å². The molecule has 16 heavy (non-hydrogen) atoms. The van der Waals surface area contributed by atoms with Gasteiger partial charge >= 0.3 is 0 Å². The van der Waals surface area contributed by atoms with Gasteiger partial charge in [-0.15, -0.1) is 11.3 Å². The quantitative estimate of drug-likeness (QED) is 0.763. The van der Waals surface area contributed by atoms with Gasteiger partial charge < -0.3 is 19.5 Å². The first-order valence-electron chi connectivity index (χ1n) is 4.68. The fourth-order valence-electron chi connectivity index (χ4n) is 1.14. The second-order valence-electron chi connectivity index (χ2n) is 2.93. The number of nitrogens with one attached hydrogen (secondary N) is 1. The van der Waals surface area contributed by atoms with Crippen molar-refractivity contribution in [3.05, 3.63) is 16.3 Å². The van der Waals surface area contributed by atoms with Crippen LogP contribution >= 0.6 is 11.3 Å². The lowest BCUT2D eigenvalue weighted by atomic mass is 10.4. The predicted molar refractivity (Wildman–Crippen MR) is 61.0 cm³/mol. The number of methoxy groups -OCH3 is 3. The molecule has 0 aliphatic rings. The van der Waals surface area contributed by atoms with Gasteiger partial charge in [-0.2, -0.15) is 0 Å². The van der Waals surface area contributed by atoms with E-state index in [9.17, 15) is 4.79 Å². The second-order valence-corrected chi connectivity index (χ2v) is 3.85. The van der Waals surface area contributed by atoms with E-state index in [-0.39, 0.29) is 5.91 Å². The summed E-state index contributed by atoms with van der Waals surface area (Å²) in [5.74, 6) is 0.389. The van der Waals surface area contributed by atoms with Gasteiger partial charge in [0.1, 0.15) is 10.6 Å². The van der Waals surface area contributed by atoms with Crippen molar-refractivity contribution in [1.29, 1.82) is 0 Å². The molecule has 1 aromatic heterocycles. The van der Waals surface area contributed by atoms with Gasteiger partial charge in [-0.25, -0.2) is 0 Å². The molecule has 0 aliphatic heterocycles. The number of hydrogen-bond acceptors (Lipinski definition) is 5. The van der Waals surface area contributed by atoms with Crippen LogP contribution < -0.4 is 10.1 Å². The SMILES string of the molecule is COc1ccsc1C(=O)NCC(OC)OC. The molecule has 0 radical (unpaired) electrons. The third-order valence-corrected chi connectivity index (χ3v) is 2.90. The molecule has 6 heteroatoms. The minimum atomic E-state index is -0.435. The molecule has 0 saturated heterocycles. The van der Waals surface area contributed by atoms with Crippen molar-refractivity contribution in [2.24, 2.45) is 0 Å². The molecule has 0 bridgehead atoms. The molecule has 0 aliphatic carbocycles. The fraction of sp³-hybridized carbons (Fsp3) is 0.500. The van der Waals surface area contributed by atoms with Crippen molar-refractivity contribution in [3.8, 4) is 5.75 Å². The Labute approximate surface area is 98.3 Å². The average molecular weight is 245 g/mol. The lowest BCUT2D eigenvalue weighted by molar-refractivity contribution is -0.0974. The smallest absolute Gasteiger partial charge is 0.265 e. The third kappa shape index (κ3) is 3.19. The summed E-state index contributed by atoms with van der Waals surface area (Å²) < 4.78 is 15.0. The Bertz CT molecular complexity index is 335. The number of carbonyl (C=O) groups is 1. The normalized spacial score (nSPS) is 10.5. The van der Waals surface area contributed by atoms with Crippen molar-refractivity contribution in [1.82, 2.24) is 5.32 Å². The van der Waals surface area contributed by atoms with Gasteiger partial charge in [0, 0.05) is 14.2 Å². The second kappa shape index (κ2) is 6.47. The Balaban J connectivity index is 2.52. The lowest BCUT2D eigenvalue weighted by Crippen LogP contribution is -2.33. The van der Waals surface area contributed by atoms with E-state index in [4.69, 9.17) is 14.2 Å². The summed E-state index contributed by atoms with van der Waals surface area (Å²) in [4.78, 5) is 12.3. The maximum atomic E-state index is 11.7. The topological polar surface area (TPSA) is 56.8 Å². The summed E-state index contributed by atoms with van der Waals surface area (Å²) in [5.41, 5.74) is 0. The number of rotatable bonds is 6. The maximum absolute atomic E-state index is 11.7. The molecule has 0 unspecified atom stereocenters. The fourth-order valence-corrected chi connectivity index (χ4v) is 1.92. The van der Waals surface area contributed by atoms with Gasteiger partial charge in [-0.1, -0.05) is 0 Å². The van der Waals surface area contributed by atoms with Crippen LogP contribution in [0.3, 0.4) is 0 Å². The summed E-state index contributed by atoms with van der Waals surface area (Å²) in [6.45, 7) is 0.298. The highest BCUT2D eigenvalue weighted by Gasteiger charge is 2.15. The van der Waals surface area contributed by atoms with Crippen LogP contribution in [0.15, 0.2) is 11.4 Å². The number of amides is 1. The van der Waals surface area contributed by atoms with Crippen LogP contribution in [0, 0.1) is 0 Å². The molecule has 1 amide bonds. The van der Waals surface area contributed by atoms with Crippen molar-refractivity contribution in [2.75, 3.05) is 27.9 Å². The van der Waals surface area contributed by atoms with Gasteiger partial charge in [0.2, 0.25) is 0 Å². The zero-order chi connectivity index (χ0) is 12.0. The molecular weight excluding hydrogens is 230 g/mol. The Morgan fingerprint density at radius 2 is 2.12 bits per heavy atom. The lowest BCUT2D eigenvalue weighted by Gasteiger charge is -2.13. The predicted octanol–water partition coefficient (Wildman–Crippen LogP) is 1.11. The van der Waals surface area contributed by atoms with E-state index in [1.807, 2.05) is 0 Å². The van der Waals surface area contributed by atoms with Gasteiger partial charge in [0.25, 0.3) is 5.91 Å².